The van der Waals surface area contributed by atoms with Crippen molar-refractivity contribution in [2.75, 3.05) is 33.3 Å². The Labute approximate surface area is 241 Å². The number of halogens is 1. The molecule has 40 heavy (non-hydrogen) atoms. The SMILES string of the molecule is C=CCN(C)C(=O)[C@H]1[C@H]2C(=O)N(CCCCO)C(C(=O)N(CC=C)Cn3nnc4ccccc43)C23CC(Br)[C@@H]1O3. The molecule has 5 rings (SSSR count). The van der Waals surface area contributed by atoms with Crippen molar-refractivity contribution in [2.24, 2.45) is 11.8 Å². The number of aliphatic hydroxyl groups excluding tert-OH is 1. The minimum absolute atomic E-state index is 0.0211. The maximum Gasteiger partial charge on any atom is 0.250 e. The van der Waals surface area contributed by atoms with E-state index >= 15 is 0 Å². The molecule has 2 aromatic rings. The van der Waals surface area contributed by atoms with Gasteiger partial charge in [-0.15, -0.1) is 18.3 Å². The van der Waals surface area contributed by atoms with E-state index in [-0.39, 0.29) is 48.9 Å². The van der Waals surface area contributed by atoms with Crippen molar-refractivity contribution in [1.82, 2.24) is 29.7 Å². The molecule has 1 aromatic heterocycles. The maximum absolute atomic E-state index is 14.5. The van der Waals surface area contributed by atoms with Crippen molar-refractivity contribution >= 4 is 44.7 Å². The van der Waals surface area contributed by atoms with E-state index in [4.69, 9.17) is 4.74 Å². The number of aliphatic hydroxyl groups is 1. The topological polar surface area (TPSA) is 121 Å². The molecular formula is C28H35BrN6O5. The van der Waals surface area contributed by atoms with E-state index < -0.39 is 29.6 Å². The van der Waals surface area contributed by atoms with Crippen molar-refractivity contribution in [3.8, 4) is 0 Å². The third kappa shape index (κ3) is 4.55. The van der Waals surface area contributed by atoms with Gasteiger partial charge in [-0.25, -0.2) is 4.68 Å². The number of benzene rings is 1. The number of hydrogen-bond donors (Lipinski definition) is 1. The molecule has 12 heteroatoms. The Hall–Kier alpha value is -3.09. The van der Waals surface area contributed by atoms with Crippen molar-refractivity contribution < 1.29 is 24.2 Å². The summed E-state index contributed by atoms with van der Waals surface area (Å²) >= 11 is 3.71. The summed E-state index contributed by atoms with van der Waals surface area (Å²) in [6, 6.07) is 6.55. The number of carbonyl (C=O) groups is 3. The van der Waals surface area contributed by atoms with E-state index in [1.54, 1.807) is 38.6 Å². The Morgan fingerprint density at radius 1 is 1.23 bits per heavy atom. The van der Waals surface area contributed by atoms with Crippen molar-refractivity contribution in [1.29, 1.82) is 0 Å². The number of fused-ring (bicyclic) bond motifs is 2. The summed E-state index contributed by atoms with van der Waals surface area (Å²) < 4.78 is 8.24. The van der Waals surface area contributed by atoms with E-state index in [1.807, 2.05) is 24.3 Å². The van der Waals surface area contributed by atoms with Gasteiger partial charge in [0.25, 0.3) is 0 Å². The molecule has 6 atom stereocenters. The number of likely N-dealkylation sites (tertiary alicyclic amines) is 1. The highest BCUT2D eigenvalue weighted by Gasteiger charge is 2.76. The van der Waals surface area contributed by atoms with Gasteiger partial charge in [0.1, 0.15) is 23.8 Å². The summed E-state index contributed by atoms with van der Waals surface area (Å²) in [6.45, 7) is 8.48. The van der Waals surface area contributed by atoms with E-state index in [0.29, 0.717) is 31.3 Å². The molecule has 3 aliphatic rings. The number of unbranched alkanes of at least 4 members (excludes halogenated alkanes) is 1. The molecule has 1 aromatic carbocycles. The zero-order valence-corrected chi connectivity index (χ0v) is 24.1. The fraction of sp³-hybridized carbons (Fsp3) is 0.536. The van der Waals surface area contributed by atoms with Crippen molar-refractivity contribution in [2.45, 2.75) is 48.5 Å². The summed E-state index contributed by atoms with van der Waals surface area (Å²) in [4.78, 5) is 46.8. The smallest absolute Gasteiger partial charge is 0.250 e. The second kappa shape index (κ2) is 11.4. The highest BCUT2D eigenvalue weighted by atomic mass is 79.9. The molecule has 1 spiro atoms. The fourth-order valence-corrected chi connectivity index (χ4v) is 7.54. The highest BCUT2D eigenvalue weighted by Crippen LogP contribution is 2.60. The predicted molar refractivity (Wildman–Crippen MR) is 151 cm³/mol. The Balaban J connectivity index is 1.53. The zero-order valence-electron chi connectivity index (χ0n) is 22.6. The van der Waals surface area contributed by atoms with Crippen LogP contribution in [0.4, 0.5) is 0 Å². The fourth-order valence-electron chi connectivity index (χ4n) is 6.59. The molecular weight excluding hydrogens is 580 g/mol. The van der Waals surface area contributed by atoms with Crippen molar-refractivity contribution in [3.05, 3.63) is 49.6 Å². The van der Waals surface area contributed by atoms with Gasteiger partial charge in [-0.2, -0.15) is 0 Å². The number of alkyl halides is 1. The summed E-state index contributed by atoms with van der Waals surface area (Å²) in [7, 11) is 1.68. The molecule has 3 fully saturated rings. The van der Waals surface area contributed by atoms with Crippen LogP contribution in [-0.4, -0.2) is 108 Å². The number of likely N-dealkylation sites (N-methyl/N-ethyl adjacent to an activating group) is 1. The zero-order chi connectivity index (χ0) is 28.6. The van der Waals surface area contributed by atoms with Gasteiger partial charge < -0.3 is 24.5 Å². The monoisotopic (exact) mass is 614 g/mol. The molecule has 0 saturated carbocycles. The first kappa shape index (κ1) is 28.4. The molecule has 0 radical (unpaired) electrons. The van der Waals surface area contributed by atoms with Gasteiger partial charge in [0.05, 0.1) is 23.5 Å². The van der Waals surface area contributed by atoms with Gasteiger partial charge in [-0.3, -0.25) is 14.4 Å². The lowest BCUT2D eigenvalue weighted by atomic mass is 9.70. The minimum Gasteiger partial charge on any atom is -0.396 e. The number of hydrogen-bond acceptors (Lipinski definition) is 7. The van der Waals surface area contributed by atoms with Gasteiger partial charge in [0.2, 0.25) is 17.7 Å². The number of aromatic nitrogens is 3. The Bertz CT molecular complexity index is 1320. The number of nitrogens with zero attached hydrogens (tertiary/aromatic N) is 6. The van der Waals surface area contributed by atoms with Crippen LogP contribution in [0.2, 0.25) is 0 Å². The van der Waals surface area contributed by atoms with E-state index in [9.17, 15) is 19.5 Å². The van der Waals surface area contributed by atoms with Gasteiger partial charge >= 0.3 is 0 Å². The largest absolute Gasteiger partial charge is 0.396 e. The standard InChI is InChI=1S/C28H35BrN6O5/c1-4-12-32(3)25(37)21-22-26(38)34(14-8-9-15-36)24(28(22)16-18(29)23(21)40-28)27(39)33(13-5-2)17-35-20-11-7-6-10-19(20)30-31-35/h4-7,10-11,18,21-24,36H,1-2,8-9,12-17H2,3H3/t18?,21-,22-,23-,24?,28?/m0/s1. The van der Waals surface area contributed by atoms with Crippen LogP contribution >= 0.6 is 15.9 Å². The first-order valence-corrected chi connectivity index (χ1v) is 14.5. The van der Waals surface area contributed by atoms with Crippen LogP contribution in [0.15, 0.2) is 49.6 Å². The normalized spacial score (nSPS) is 28.6. The summed E-state index contributed by atoms with van der Waals surface area (Å²) in [5.74, 6) is -2.26. The third-order valence-corrected chi connectivity index (χ3v) is 9.13. The number of para-hydroxylation sites is 1. The van der Waals surface area contributed by atoms with Crippen LogP contribution in [0.5, 0.6) is 0 Å². The van der Waals surface area contributed by atoms with Gasteiger partial charge in [-0.1, -0.05) is 45.4 Å². The van der Waals surface area contributed by atoms with Crippen LogP contribution in [0.3, 0.4) is 0 Å². The molecule has 3 saturated heterocycles. The summed E-state index contributed by atoms with van der Waals surface area (Å²) in [5, 5.41) is 17.9. The third-order valence-electron chi connectivity index (χ3n) is 8.28. The Morgan fingerprint density at radius 3 is 2.70 bits per heavy atom. The van der Waals surface area contributed by atoms with E-state index in [1.165, 1.54) is 0 Å². The van der Waals surface area contributed by atoms with Crippen LogP contribution in [0.1, 0.15) is 19.3 Å². The molecule has 2 bridgehead atoms. The maximum atomic E-state index is 14.5. The Morgan fingerprint density at radius 2 is 1.98 bits per heavy atom. The average Bonchev–Trinajstić information content (AvgIpc) is 3.65. The lowest BCUT2D eigenvalue weighted by Crippen LogP contribution is -2.57. The van der Waals surface area contributed by atoms with E-state index in [0.717, 1.165) is 5.52 Å². The molecule has 0 aliphatic carbocycles. The summed E-state index contributed by atoms with van der Waals surface area (Å²) in [5.41, 5.74) is 0.321. The Kier molecular flexibility index (Phi) is 8.12. The number of carbonyl (C=O) groups excluding carboxylic acids is 3. The number of rotatable bonds is 12. The lowest BCUT2D eigenvalue weighted by molar-refractivity contribution is -0.149. The molecule has 3 aliphatic heterocycles. The summed E-state index contributed by atoms with van der Waals surface area (Å²) in [6.07, 6.45) is 4.16. The number of amides is 3. The van der Waals surface area contributed by atoms with E-state index in [2.05, 4.69) is 39.4 Å². The van der Waals surface area contributed by atoms with Gasteiger partial charge in [0.15, 0.2) is 0 Å². The average molecular weight is 616 g/mol. The minimum atomic E-state index is -1.16. The molecule has 3 amide bonds. The molecule has 11 nitrogen and oxygen atoms in total. The van der Waals surface area contributed by atoms with Gasteiger partial charge in [-0.05, 0) is 31.4 Å². The van der Waals surface area contributed by atoms with Crippen LogP contribution in [-0.2, 0) is 25.8 Å². The first-order chi connectivity index (χ1) is 19.3. The second-order valence-corrected chi connectivity index (χ2v) is 11.9. The van der Waals surface area contributed by atoms with Crippen molar-refractivity contribution in [3.63, 3.8) is 0 Å². The first-order valence-electron chi connectivity index (χ1n) is 13.6. The molecule has 1 N–H and O–H groups in total. The molecule has 3 unspecified atom stereocenters. The second-order valence-electron chi connectivity index (χ2n) is 10.7. The van der Waals surface area contributed by atoms with Crippen LogP contribution in [0, 0.1) is 11.8 Å². The molecule has 214 valence electrons. The van der Waals surface area contributed by atoms with Gasteiger partial charge in [0, 0.05) is 38.1 Å². The lowest BCUT2D eigenvalue weighted by Gasteiger charge is -2.37. The predicted octanol–water partition coefficient (Wildman–Crippen LogP) is 1.57. The molecule has 4 heterocycles. The van der Waals surface area contributed by atoms with Crippen LogP contribution in [0.25, 0.3) is 11.0 Å². The van der Waals surface area contributed by atoms with Crippen LogP contribution < -0.4 is 0 Å². The highest BCUT2D eigenvalue weighted by molar-refractivity contribution is 9.09. The quantitative estimate of drug-likeness (QED) is 0.219. The number of ether oxygens (including phenoxy) is 1.